The van der Waals surface area contributed by atoms with E-state index < -0.39 is 26.6 Å². The lowest BCUT2D eigenvalue weighted by Gasteiger charge is -2.11. The molecular weight excluding hydrogens is 361 g/mol. The Balaban J connectivity index is 2.35. The van der Waals surface area contributed by atoms with Crippen LogP contribution in [0.2, 0.25) is 5.02 Å². The molecule has 0 saturated heterocycles. The van der Waals surface area contributed by atoms with Gasteiger partial charge in [-0.1, -0.05) is 11.6 Å². The molecule has 0 heterocycles. The summed E-state index contributed by atoms with van der Waals surface area (Å²) in [6.45, 7) is 0. The number of halogens is 2. The van der Waals surface area contributed by atoms with E-state index in [0.29, 0.717) is 5.75 Å². The molecule has 0 spiro atoms. The lowest BCUT2D eigenvalue weighted by Crippen LogP contribution is -2.31. The molecule has 128 valence electrons. The number of sulfonamides is 1. The molecule has 0 aromatic heterocycles. The van der Waals surface area contributed by atoms with E-state index in [0.717, 1.165) is 12.1 Å². The summed E-state index contributed by atoms with van der Waals surface area (Å²) in [7, 11) is -1.66. The number of carbonyl (C=O) groups is 1. The summed E-state index contributed by atoms with van der Waals surface area (Å²) in [6, 6.07) is 7.24. The van der Waals surface area contributed by atoms with Crippen molar-refractivity contribution < 1.29 is 27.1 Å². The van der Waals surface area contributed by atoms with Crippen LogP contribution in [0.5, 0.6) is 11.5 Å². The first kappa shape index (κ1) is 18.0. The number of carbonyl (C=O) groups excluding carboxylic acids is 1. The first-order valence-electron chi connectivity index (χ1n) is 6.52. The number of benzene rings is 2. The second-order valence-corrected chi connectivity index (χ2v) is 6.66. The quantitative estimate of drug-likeness (QED) is 0.871. The molecule has 0 aliphatic heterocycles. The van der Waals surface area contributed by atoms with Crippen molar-refractivity contribution in [3.05, 3.63) is 52.8 Å². The smallest absolute Gasteiger partial charge is 0.268 e. The van der Waals surface area contributed by atoms with E-state index in [1.54, 1.807) is 4.72 Å². The Hall–Kier alpha value is -2.32. The van der Waals surface area contributed by atoms with Crippen molar-refractivity contribution in [3.8, 4) is 11.5 Å². The van der Waals surface area contributed by atoms with Gasteiger partial charge < -0.3 is 9.47 Å². The van der Waals surface area contributed by atoms with Crippen LogP contribution in [0.1, 0.15) is 10.4 Å². The predicted octanol–water partition coefficient (Wildman–Crippen LogP) is 2.62. The summed E-state index contributed by atoms with van der Waals surface area (Å²) in [5.41, 5.74) is -0.0451. The summed E-state index contributed by atoms with van der Waals surface area (Å²) < 4.78 is 50.0. The lowest BCUT2D eigenvalue weighted by molar-refractivity contribution is 0.0978. The van der Waals surface area contributed by atoms with E-state index >= 15 is 0 Å². The van der Waals surface area contributed by atoms with Crippen molar-refractivity contribution in [2.45, 2.75) is 4.90 Å². The van der Waals surface area contributed by atoms with Crippen LogP contribution in [-0.4, -0.2) is 28.5 Å². The van der Waals surface area contributed by atoms with Crippen molar-refractivity contribution in [2.24, 2.45) is 0 Å². The van der Waals surface area contributed by atoms with Crippen molar-refractivity contribution in [1.29, 1.82) is 0 Å². The van der Waals surface area contributed by atoms with Gasteiger partial charge in [-0.25, -0.2) is 17.5 Å². The van der Waals surface area contributed by atoms with E-state index in [1.165, 1.54) is 38.5 Å². The number of nitrogens with one attached hydrogen (secondary N) is 1. The molecule has 0 aliphatic rings. The van der Waals surface area contributed by atoms with E-state index in [1.807, 2.05) is 0 Å². The Bertz CT molecular complexity index is 885. The Labute approximate surface area is 143 Å². The lowest BCUT2D eigenvalue weighted by atomic mass is 10.2. The van der Waals surface area contributed by atoms with E-state index in [4.69, 9.17) is 21.1 Å². The first-order valence-corrected chi connectivity index (χ1v) is 8.39. The molecule has 0 fully saturated rings. The topological polar surface area (TPSA) is 81.7 Å². The summed E-state index contributed by atoms with van der Waals surface area (Å²) in [5, 5.41) is 0.0367. The van der Waals surface area contributed by atoms with Crippen molar-refractivity contribution in [1.82, 2.24) is 4.72 Å². The van der Waals surface area contributed by atoms with Gasteiger partial charge in [0.05, 0.1) is 19.8 Å². The van der Waals surface area contributed by atoms with Crippen molar-refractivity contribution in [2.75, 3.05) is 14.2 Å². The van der Waals surface area contributed by atoms with Gasteiger partial charge in [-0.05, 0) is 30.3 Å². The Morgan fingerprint density at radius 3 is 2.42 bits per heavy atom. The number of rotatable bonds is 5. The Morgan fingerprint density at radius 2 is 1.83 bits per heavy atom. The van der Waals surface area contributed by atoms with Gasteiger partial charge in [0.1, 0.15) is 22.2 Å². The van der Waals surface area contributed by atoms with Crippen LogP contribution in [0.15, 0.2) is 41.3 Å². The molecular formula is C15H13ClFNO5S. The minimum atomic E-state index is -4.42. The van der Waals surface area contributed by atoms with Gasteiger partial charge in [-0.15, -0.1) is 0 Å². The molecule has 0 radical (unpaired) electrons. The number of methoxy groups -OCH3 is 2. The molecule has 2 aromatic rings. The zero-order valence-corrected chi connectivity index (χ0v) is 14.2. The monoisotopic (exact) mass is 373 g/mol. The average molecular weight is 374 g/mol. The van der Waals surface area contributed by atoms with Gasteiger partial charge in [0.2, 0.25) is 0 Å². The largest absolute Gasteiger partial charge is 0.497 e. The SMILES string of the molecule is COc1ccc(C(=O)NS(=O)(=O)c2ccc(Cl)cc2F)c(OC)c1. The third kappa shape index (κ3) is 3.77. The molecule has 0 bridgehead atoms. The van der Waals surface area contributed by atoms with Crippen LogP contribution < -0.4 is 14.2 Å². The van der Waals surface area contributed by atoms with Crippen molar-refractivity contribution >= 4 is 27.5 Å². The molecule has 1 N–H and O–H groups in total. The standard InChI is InChI=1S/C15H13ClFNO5S/c1-22-10-4-5-11(13(8-10)23-2)15(19)18-24(20,21)14-6-3-9(16)7-12(14)17/h3-8H,1-2H3,(H,18,19). The van der Waals surface area contributed by atoms with Crippen LogP contribution in [0.4, 0.5) is 4.39 Å². The molecule has 9 heteroatoms. The maximum absolute atomic E-state index is 13.8. The zero-order valence-electron chi connectivity index (χ0n) is 12.7. The molecule has 6 nitrogen and oxygen atoms in total. The van der Waals surface area contributed by atoms with Crippen LogP contribution in [0, 0.1) is 5.82 Å². The van der Waals surface area contributed by atoms with Crippen molar-refractivity contribution in [3.63, 3.8) is 0 Å². The highest BCUT2D eigenvalue weighted by molar-refractivity contribution is 7.90. The van der Waals surface area contributed by atoms with E-state index in [-0.39, 0.29) is 16.3 Å². The fourth-order valence-electron chi connectivity index (χ4n) is 1.91. The second-order valence-electron chi connectivity index (χ2n) is 4.58. The zero-order chi connectivity index (χ0) is 17.9. The molecule has 0 atom stereocenters. The van der Waals surface area contributed by atoms with E-state index in [2.05, 4.69) is 0 Å². The van der Waals surface area contributed by atoms with Crippen LogP contribution >= 0.6 is 11.6 Å². The van der Waals surface area contributed by atoms with Crippen LogP contribution in [0.3, 0.4) is 0 Å². The third-order valence-corrected chi connectivity index (χ3v) is 4.66. The molecule has 2 rings (SSSR count). The molecule has 0 aliphatic carbocycles. The van der Waals surface area contributed by atoms with Crippen LogP contribution in [0.25, 0.3) is 0 Å². The minimum Gasteiger partial charge on any atom is -0.497 e. The normalized spacial score (nSPS) is 11.0. The predicted molar refractivity (Wildman–Crippen MR) is 85.6 cm³/mol. The molecule has 2 aromatic carbocycles. The Kier molecular flexibility index (Phi) is 5.30. The van der Waals surface area contributed by atoms with E-state index in [9.17, 15) is 17.6 Å². The third-order valence-electron chi connectivity index (χ3n) is 3.06. The highest BCUT2D eigenvalue weighted by atomic mass is 35.5. The number of hydrogen-bond donors (Lipinski definition) is 1. The number of hydrogen-bond acceptors (Lipinski definition) is 5. The van der Waals surface area contributed by atoms with Gasteiger partial charge in [-0.3, -0.25) is 4.79 Å². The maximum Gasteiger partial charge on any atom is 0.268 e. The molecule has 0 saturated carbocycles. The number of ether oxygens (including phenoxy) is 2. The summed E-state index contributed by atoms with van der Waals surface area (Å²) in [6.07, 6.45) is 0. The summed E-state index contributed by atoms with van der Waals surface area (Å²) in [4.78, 5) is 11.5. The van der Waals surface area contributed by atoms with Gasteiger partial charge >= 0.3 is 0 Å². The Morgan fingerprint density at radius 1 is 1.12 bits per heavy atom. The summed E-state index contributed by atoms with van der Waals surface area (Å²) >= 11 is 5.59. The minimum absolute atomic E-state index is 0.0367. The maximum atomic E-state index is 13.8. The highest BCUT2D eigenvalue weighted by Gasteiger charge is 2.24. The molecule has 1 amide bonds. The highest BCUT2D eigenvalue weighted by Crippen LogP contribution is 2.25. The van der Waals surface area contributed by atoms with Gasteiger partial charge in [0, 0.05) is 11.1 Å². The molecule has 0 unspecified atom stereocenters. The fourth-order valence-corrected chi connectivity index (χ4v) is 3.10. The van der Waals surface area contributed by atoms with Gasteiger partial charge in [-0.2, -0.15) is 0 Å². The average Bonchev–Trinajstić information content (AvgIpc) is 2.53. The molecule has 24 heavy (non-hydrogen) atoms. The fraction of sp³-hybridized carbons (Fsp3) is 0.133. The van der Waals surface area contributed by atoms with Gasteiger partial charge in [0.25, 0.3) is 15.9 Å². The first-order chi connectivity index (χ1) is 11.3. The van der Waals surface area contributed by atoms with Gasteiger partial charge in [0.15, 0.2) is 0 Å². The summed E-state index contributed by atoms with van der Waals surface area (Å²) in [5.74, 6) is -1.50. The second kappa shape index (κ2) is 7.06. The number of amides is 1. The van der Waals surface area contributed by atoms with Crippen LogP contribution in [-0.2, 0) is 10.0 Å².